The number of rotatable bonds is 5. The Morgan fingerprint density at radius 1 is 1.22 bits per heavy atom. The average Bonchev–Trinajstić information content (AvgIpc) is 3.24. The molecule has 0 aromatic heterocycles. The lowest BCUT2D eigenvalue weighted by atomic mass is 9.76. The van der Waals surface area contributed by atoms with Gasteiger partial charge in [-0.25, -0.2) is 0 Å². The summed E-state index contributed by atoms with van der Waals surface area (Å²) < 4.78 is 0. The fourth-order valence-corrected chi connectivity index (χ4v) is 5.38. The van der Waals surface area contributed by atoms with Crippen LogP contribution in [0.5, 0.6) is 0 Å². The van der Waals surface area contributed by atoms with Gasteiger partial charge in [-0.1, -0.05) is 25.1 Å². The topological polar surface area (TPSA) is 78.5 Å². The zero-order chi connectivity index (χ0) is 19.3. The summed E-state index contributed by atoms with van der Waals surface area (Å²) in [6, 6.07) is 7.13. The molecule has 2 fully saturated rings. The van der Waals surface area contributed by atoms with Gasteiger partial charge >= 0.3 is 0 Å². The van der Waals surface area contributed by atoms with Crippen LogP contribution in [0.25, 0.3) is 0 Å². The van der Waals surface area contributed by atoms with E-state index in [1.165, 1.54) is 4.90 Å². The summed E-state index contributed by atoms with van der Waals surface area (Å²) in [4.78, 5) is 41.2. The van der Waals surface area contributed by atoms with Crippen molar-refractivity contribution in [3.8, 4) is 0 Å². The molecule has 2 saturated heterocycles. The van der Waals surface area contributed by atoms with Crippen molar-refractivity contribution in [2.24, 2.45) is 11.8 Å². The van der Waals surface area contributed by atoms with Crippen LogP contribution in [0.4, 0.5) is 5.69 Å². The van der Waals surface area contributed by atoms with E-state index in [2.05, 4.69) is 10.6 Å². The second-order valence-electron chi connectivity index (χ2n) is 7.65. The smallest absolute Gasteiger partial charge is 0.250 e. The second kappa shape index (κ2) is 6.63. The maximum absolute atomic E-state index is 13.4. The van der Waals surface area contributed by atoms with Crippen molar-refractivity contribution in [3.63, 3.8) is 0 Å². The van der Waals surface area contributed by atoms with Crippen molar-refractivity contribution in [2.75, 3.05) is 17.3 Å². The molecule has 3 aliphatic heterocycles. The van der Waals surface area contributed by atoms with Crippen molar-refractivity contribution in [2.45, 2.75) is 44.3 Å². The van der Waals surface area contributed by atoms with Crippen LogP contribution >= 0.6 is 11.8 Å². The van der Waals surface area contributed by atoms with Gasteiger partial charge in [0.2, 0.25) is 17.7 Å². The van der Waals surface area contributed by atoms with E-state index in [4.69, 9.17) is 0 Å². The van der Waals surface area contributed by atoms with E-state index < -0.39 is 17.4 Å². The van der Waals surface area contributed by atoms with E-state index >= 15 is 0 Å². The molecule has 2 N–H and O–H groups in total. The number of thioether (sulfide) groups is 1. The Balaban J connectivity index is 1.84. The molecule has 3 amide bonds. The number of nitrogens with zero attached hydrogens (tertiary/aromatic N) is 1. The molecule has 7 heteroatoms. The van der Waals surface area contributed by atoms with Crippen LogP contribution in [0.2, 0.25) is 0 Å². The first kappa shape index (κ1) is 18.5. The molecule has 1 spiro atoms. The highest BCUT2D eigenvalue weighted by Gasteiger charge is 2.70. The van der Waals surface area contributed by atoms with E-state index in [-0.39, 0.29) is 29.8 Å². The number of imide groups is 1. The highest BCUT2D eigenvalue weighted by atomic mass is 32.2. The number of anilines is 1. The first-order valence-corrected chi connectivity index (χ1v) is 10.9. The number of benzene rings is 1. The fraction of sp³-hybridized carbons (Fsp3) is 0.550. The molecule has 144 valence electrons. The summed E-state index contributed by atoms with van der Waals surface area (Å²) in [5.41, 5.74) is 0.351. The number of nitrogens with one attached hydrogen (secondary N) is 2. The largest absolute Gasteiger partial charge is 0.324 e. The summed E-state index contributed by atoms with van der Waals surface area (Å²) >= 11 is 1.70. The van der Waals surface area contributed by atoms with Crippen molar-refractivity contribution in [3.05, 3.63) is 29.8 Å². The molecule has 0 saturated carbocycles. The highest BCUT2D eigenvalue weighted by Crippen LogP contribution is 2.53. The standard InChI is InChI=1S/C20H25N3O3S/c1-4-11(2)23-17(24)15-14(9-10-27-3)22-20(16(15)18(23)25)12-7-5-6-8-13(12)21-19(20)26/h5-8,11,14-16,22H,4,9-10H2,1-3H3,(H,21,26)/t11-,14-,15-,16+,20-/m1/s1. The van der Waals surface area contributed by atoms with E-state index in [0.29, 0.717) is 6.42 Å². The SMILES string of the molecule is CC[C@@H](C)N1C(=O)[C@H]2[C@@H](C1=O)[C@@]1(N[C@@H]2CCSC)C(=O)Nc2ccccc21. The summed E-state index contributed by atoms with van der Waals surface area (Å²) in [5.74, 6) is -0.884. The zero-order valence-electron chi connectivity index (χ0n) is 15.8. The number of hydrogen-bond donors (Lipinski definition) is 2. The van der Waals surface area contributed by atoms with Crippen LogP contribution in [-0.2, 0) is 19.9 Å². The summed E-state index contributed by atoms with van der Waals surface area (Å²) in [7, 11) is 0. The third-order valence-electron chi connectivity index (χ3n) is 6.32. The van der Waals surface area contributed by atoms with Crippen LogP contribution in [0, 0.1) is 11.8 Å². The second-order valence-corrected chi connectivity index (χ2v) is 8.63. The third-order valence-corrected chi connectivity index (χ3v) is 6.97. The Hall–Kier alpha value is -1.86. The lowest BCUT2D eigenvalue weighted by molar-refractivity contribution is -0.145. The normalized spacial score (nSPS) is 32.8. The van der Waals surface area contributed by atoms with Crippen molar-refractivity contribution >= 4 is 35.2 Å². The van der Waals surface area contributed by atoms with Gasteiger partial charge < -0.3 is 5.32 Å². The molecule has 3 heterocycles. The van der Waals surface area contributed by atoms with Crippen LogP contribution in [0.3, 0.4) is 0 Å². The summed E-state index contributed by atoms with van der Waals surface area (Å²) in [6.07, 6.45) is 3.47. The lowest BCUT2D eigenvalue weighted by Crippen LogP contribution is -2.54. The number of fused-ring (bicyclic) bond motifs is 4. The molecule has 27 heavy (non-hydrogen) atoms. The van der Waals surface area contributed by atoms with E-state index in [1.807, 2.05) is 44.4 Å². The molecular formula is C20H25N3O3S. The van der Waals surface area contributed by atoms with Crippen LogP contribution in [0.15, 0.2) is 24.3 Å². The van der Waals surface area contributed by atoms with Crippen LogP contribution in [0.1, 0.15) is 32.3 Å². The van der Waals surface area contributed by atoms with Gasteiger partial charge in [-0.3, -0.25) is 24.6 Å². The van der Waals surface area contributed by atoms with Gasteiger partial charge in [0.25, 0.3) is 0 Å². The van der Waals surface area contributed by atoms with Gasteiger partial charge in [-0.2, -0.15) is 11.8 Å². The predicted molar refractivity (Wildman–Crippen MR) is 105 cm³/mol. The van der Waals surface area contributed by atoms with Gasteiger partial charge in [-0.15, -0.1) is 0 Å². The highest BCUT2D eigenvalue weighted by molar-refractivity contribution is 7.98. The molecule has 5 atom stereocenters. The van der Waals surface area contributed by atoms with Gasteiger partial charge in [0.1, 0.15) is 5.54 Å². The van der Waals surface area contributed by atoms with E-state index in [1.54, 1.807) is 11.8 Å². The molecular weight excluding hydrogens is 362 g/mol. The van der Waals surface area contributed by atoms with Crippen molar-refractivity contribution in [1.82, 2.24) is 10.2 Å². The average molecular weight is 388 g/mol. The first-order chi connectivity index (χ1) is 13.0. The first-order valence-electron chi connectivity index (χ1n) is 9.51. The summed E-state index contributed by atoms with van der Waals surface area (Å²) in [6.45, 7) is 3.87. The minimum absolute atomic E-state index is 0.132. The number of carbonyl (C=O) groups is 3. The molecule has 0 radical (unpaired) electrons. The maximum atomic E-state index is 13.4. The van der Waals surface area contributed by atoms with E-state index in [9.17, 15) is 14.4 Å². The Bertz CT molecular complexity index is 813. The molecule has 3 aliphatic rings. The maximum Gasteiger partial charge on any atom is 0.250 e. The third kappa shape index (κ3) is 2.41. The monoisotopic (exact) mass is 387 g/mol. The number of likely N-dealkylation sites (tertiary alicyclic amines) is 1. The zero-order valence-corrected chi connectivity index (χ0v) is 16.6. The van der Waals surface area contributed by atoms with Gasteiger partial charge in [-0.05, 0) is 37.8 Å². The van der Waals surface area contributed by atoms with Crippen molar-refractivity contribution < 1.29 is 14.4 Å². The Morgan fingerprint density at radius 3 is 2.67 bits per heavy atom. The minimum Gasteiger partial charge on any atom is -0.324 e. The molecule has 1 aromatic rings. The lowest BCUT2D eigenvalue weighted by Gasteiger charge is -2.31. The number of para-hydroxylation sites is 1. The van der Waals surface area contributed by atoms with Crippen LogP contribution < -0.4 is 10.6 Å². The predicted octanol–water partition coefficient (Wildman–Crippen LogP) is 1.96. The Kier molecular flexibility index (Phi) is 4.55. The Morgan fingerprint density at radius 2 is 1.96 bits per heavy atom. The summed E-state index contributed by atoms with van der Waals surface area (Å²) in [5, 5.41) is 6.38. The fourth-order valence-electron chi connectivity index (χ4n) is 4.89. The molecule has 4 rings (SSSR count). The Labute approximate surface area is 163 Å². The van der Waals surface area contributed by atoms with Gasteiger partial charge in [0.05, 0.1) is 11.8 Å². The van der Waals surface area contributed by atoms with E-state index in [0.717, 1.165) is 23.4 Å². The minimum atomic E-state index is -1.15. The van der Waals surface area contributed by atoms with Crippen LogP contribution in [-0.4, -0.2) is 46.7 Å². The number of amides is 3. The van der Waals surface area contributed by atoms with Gasteiger partial charge in [0.15, 0.2) is 0 Å². The molecule has 0 unspecified atom stereocenters. The molecule has 0 bridgehead atoms. The molecule has 1 aromatic carbocycles. The molecule has 6 nitrogen and oxygen atoms in total. The molecule has 0 aliphatic carbocycles. The number of hydrogen-bond acceptors (Lipinski definition) is 5. The quantitative estimate of drug-likeness (QED) is 0.755. The van der Waals surface area contributed by atoms with Gasteiger partial charge in [0, 0.05) is 23.3 Å². The number of carbonyl (C=O) groups excluding carboxylic acids is 3. The van der Waals surface area contributed by atoms with Crippen molar-refractivity contribution in [1.29, 1.82) is 0 Å².